The average molecular weight is 186 g/mol. The van der Waals surface area contributed by atoms with Crippen molar-refractivity contribution in [2.24, 2.45) is 5.73 Å². The quantitative estimate of drug-likeness (QED) is 0.660. The molecule has 1 aromatic rings. The van der Waals surface area contributed by atoms with Crippen LogP contribution in [0, 0.1) is 13.8 Å². The van der Waals surface area contributed by atoms with E-state index in [1.165, 1.54) is 0 Å². The summed E-state index contributed by atoms with van der Waals surface area (Å²) < 4.78 is 0. The fourth-order valence-corrected chi connectivity index (χ4v) is 1.05. The maximum atomic E-state index is 10.8. The molecule has 0 aliphatic heterocycles. The Hall–Kier alpha value is -1.16. The number of halogens is 1. The first kappa shape index (κ1) is 8.93. The van der Waals surface area contributed by atoms with E-state index >= 15 is 0 Å². The number of aryl methyl sites for hydroxylation is 1. The van der Waals surface area contributed by atoms with Crippen LogP contribution in [0.2, 0.25) is 5.15 Å². The second kappa shape index (κ2) is 3.06. The summed E-state index contributed by atoms with van der Waals surface area (Å²) in [5.41, 5.74) is 5.77. The van der Waals surface area contributed by atoms with Crippen LogP contribution in [-0.2, 0) is 0 Å². The second-order valence-electron chi connectivity index (χ2n) is 2.40. The van der Waals surface area contributed by atoms with Gasteiger partial charge in [0, 0.05) is 5.56 Å². The average Bonchev–Trinajstić information content (AvgIpc) is 1.96. The van der Waals surface area contributed by atoms with Crippen LogP contribution < -0.4 is 5.73 Å². The van der Waals surface area contributed by atoms with E-state index in [1.807, 2.05) is 0 Å². The Labute approximate surface area is 74.8 Å². The molecule has 0 aliphatic carbocycles. The molecule has 0 bridgehead atoms. The van der Waals surface area contributed by atoms with Crippen LogP contribution in [0.1, 0.15) is 21.9 Å². The molecule has 1 aromatic heterocycles. The molecular weight excluding hydrogens is 178 g/mol. The summed E-state index contributed by atoms with van der Waals surface area (Å²) in [5, 5.41) is 0.274. The number of carbonyl (C=O) groups excluding carboxylic acids is 1. The van der Waals surface area contributed by atoms with Gasteiger partial charge in [0.1, 0.15) is 16.7 Å². The van der Waals surface area contributed by atoms with E-state index in [2.05, 4.69) is 9.97 Å². The number of nitrogens with two attached hydrogens (primary N) is 1. The zero-order valence-corrected chi connectivity index (χ0v) is 7.51. The lowest BCUT2D eigenvalue weighted by Gasteiger charge is -2.02. The summed E-state index contributed by atoms with van der Waals surface area (Å²) in [7, 11) is 0. The first-order chi connectivity index (χ1) is 5.52. The van der Waals surface area contributed by atoms with Crippen molar-refractivity contribution in [1.82, 2.24) is 9.97 Å². The lowest BCUT2D eigenvalue weighted by Crippen LogP contribution is -2.16. The van der Waals surface area contributed by atoms with Crippen molar-refractivity contribution in [2.75, 3.05) is 0 Å². The Morgan fingerprint density at radius 1 is 1.42 bits per heavy atom. The molecule has 0 radical (unpaired) electrons. The summed E-state index contributed by atoms with van der Waals surface area (Å²) in [6.45, 7) is 3.31. The van der Waals surface area contributed by atoms with Crippen molar-refractivity contribution in [3.63, 3.8) is 0 Å². The summed E-state index contributed by atoms with van der Waals surface area (Å²) in [6.07, 6.45) is 0. The monoisotopic (exact) mass is 185 g/mol. The van der Waals surface area contributed by atoms with Gasteiger partial charge in [-0.25, -0.2) is 9.97 Å². The number of hydrogen-bond donors (Lipinski definition) is 1. The lowest BCUT2D eigenvalue weighted by atomic mass is 10.2. The number of primary amides is 1. The van der Waals surface area contributed by atoms with Gasteiger partial charge < -0.3 is 5.73 Å². The zero-order valence-electron chi connectivity index (χ0n) is 6.76. The SMILES string of the molecule is Cc1nc(Cl)c(C)c(C(N)=O)n1. The molecule has 12 heavy (non-hydrogen) atoms. The van der Waals surface area contributed by atoms with Crippen LogP contribution >= 0.6 is 11.6 Å². The molecule has 0 unspecified atom stereocenters. The van der Waals surface area contributed by atoms with Crippen LogP contribution in [-0.4, -0.2) is 15.9 Å². The van der Waals surface area contributed by atoms with E-state index in [1.54, 1.807) is 13.8 Å². The maximum absolute atomic E-state index is 10.8. The molecule has 64 valence electrons. The number of rotatable bonds is 1. The summed E-state index contributed by atoms with van der Waals surface area (Å²) in [4.78, 5) is 18.5. The predicted molar refractivity (Wildman–Crippen MR) is 45.0 cm³/mol. The molecule has 2 N–H and O–H groups in total. The molecule has 4 nitrogen and oxygen atoms in total. The van der Waals surface area contributed by atoms with Crippen LogP contribution in [0.5, 0.6) is 0 Å². The van der Waals surface area contributed by atoms with Crippen molar-refractivity contribution in [1.29, 1.82) is 0 Å². The molecule has 0 aromatic carbocycles. The molecule has 0 fully saturated rings. The van der Waals surface area contributed by atoms with Crippen LogP contribution in [0.4, 0.5) is 0 Å². The van der Waals surface area contributed by atoms with Crippen molar-refractivity contribution in [3.05, 3.63) is 22.2 Å². The van der Waals surface area contributed by atoms with Gasteiger partial charge in [-0.1, -0.05) is 11.6 Å². The highest BCUT2D eigenvalue weighted by Gasteiger charge is 2.11. The van der Waals surface area contributed by atoms with Gasteiger partial charge >= 0.3 is 0 Å². The zero-order chi connectivity index (χ0) is 9.30. The number of hydrogen-bond acceptors (Lipinski definition) is 3. The van der Waals surface area contributed by atoms with E-state index in [4.69, 9.17) is 17.3 Å². The van der Waals surface area contributed by atoms with Crippen LogP contribution in [0.25, 0.3) is 0 Å². The third kappa shape index (κ3) is 1.53. The third-order valence-corrected chi connectivity index (χ3v) is 1.80. The molecule has 0 spiro atoms. The van der Waals surface area contributed by atoms with Gasteiger partial charge in [-0.15, -0.1) is 0 Å². The molecule has 1 heterocycles. The Morgan fingerprint density at radius 2 is 2.00 bits per heavy atom. The van der Waals surface area contributed by atoms with E-state index in [0.29, 0.717) is 11.4 Å². The molecular formula is C7H8ClN3O. The van der Waals surface area contributed by atoms with E-state index in [-0.39, 0.29) is 10.8 Å². The smallest absolute Gasteiger partial charge is 0.267 e. The van der Waals surface area contributed by atoms with Crippen LogP contribution in [0.3, 0.4) is 0 Å². The van der Waals surface area contributed by atoms with Crippen LogP contribution in [0.15, 0.2) is 0 Å². The maximum Gasteiger partial charge on any atom is 0.267 e. The Bertz CT molecular complexity index is 338. The minimum Gasteiger partial charge on any atom is -0.364 e. The normalized spacial score (nSPS) is 9.92. The fraction of sp³-hybridized carbons (Fsp3) is 0.286. The van der Waals surface area contributed by atoms with Crippen molar-refractivity contribution in [3.8, 4) is 0 Å². The summed E-state index contributed by atoms with van der Waals surface area (Å²) in [5.74, 6) is -0.140. The lowest BCUT2D eigenvalue weighted by molar-refractivity contribution is 0.0994. The molecule has 1 amide bonds. The minimum atomic E-state index is -0.583. The van der Waals surface area contributed by atoms with Crippen molar-refractivity contribution < 1.29 is 4.79 Å². The molecule has 1 rings (SSSR count). The highest BCUT2D eigenvalue weighted by atomic mass is 35.5. The topological polar surface area (TPSA) is 68.9 Å². The molecule has 5 heteroatoms. The summed E-state index contributed by atoms with van der Waals surface area (Å²) >= 11 is 5.70. The van der Waals surface area contributed by atoms with Gasteiger partial charge in [-0.2, -0.15) is 0 Å². The first-order valence-corrected chi connectivity index (χ1v) is 3.70. The largest absolute Gasteiger partial charge is 0.364 e. The number of amides is 1. The Balaban J connectivity index is 3.37. The second-order valence-corrected chi connectivity index (χ2v) is 2.76. The van der Waals surface area contributed by atoms with Gasteiger partial charge in [0.05, 0.1) is 0 Å². The fourth-order valence-electron chi connectivity index (χ4n) is 0.834. The third-order valence-electron chi connectivity index (χ3n) is 1.43. The van der Waals surface area contributed by atoms with Gasteiger partial charge in [-0.05, 0) is 13.8 Å². The Kier molecular flexibility index (Phi) is 2.28. The standard InChI is InChI=1S/C7H8ClN3O/c1-3-5(7(9)12)10-4(2)11-6(3)8/h1-2H3,(H2,9,12). The van der Waals surface area contributed by atoms with E-state index in [9.17, 15) is 4.79 Å². The van der Waals surface area contributed by atoms with Crippen molar-refractivity contribution in [2.45, 2.75) is 13.8 Å². The number of nitrogens with zero attached hydrogens (tertiary/aromatic N) is 2. The van der Waals surface area contributed by atoms with Gasteiger partial charge in [-0.3, -0.25) is 4.79 Å². The minimum absolute atomic E-state index is 0.188. The molecule has 0 atom stereocenters. The number of aromatic nitrogens is 2. The van der Waals surface area contributed by atoms with E-state index < -0.39 is 5.91 Å². The highest BCUT2D eigenvalue weighted by molar-refractivity contribution is 6.30. The van der Waals surface area contributed by atoms with Crippen molar-refractivity contribution >= 4 is 17.5 Å². The van der Waals surface area contributed by atoms with Gasteiger partial charge in [0.25, 0.3) is 5.91 Å². The van der Waals surface area contributed by atoms with E-state index in [0.717, 1.165) is 0 Å². The molecule has 0 saturated carbocycles. The molecule has 0 aliphatic rings. The Morgan fingerprint density at radius 3 is 2.50 bits per heavy atom. The van der Waals surface area contributed by atoms with Gasteiger partial charge in [0.2, 0.25) is 0 Å². The first-order valence-electron chi connectivity index (χ1n) is 3.33. The predicted octanol–water partition coefficient (Wildman–Crippen LogP) is 0.846. The highest BCUT2D eigenvalue weighted by Crippen LogP contribution is 2.14. The number of carbonyl (C=O) groups is 1. The van der Waals surface area contributed by atoms with Gasteiger partial charge in [0.15, 0.2) is 0 Å². The molecule has 0 saturated heterocycles. The summed E-state index contributed by atoms with van der Waals surface area (Å²) in [6, 6.07) is 0.